The molecule has 0 aliphatic rings. The van der Waals surface area contributed by atoms with Crippen LogP contribution in [0, 0.1) is 0 Å². The monoisotopic (exact) mass is 307 g/mol. The van der Waals surface area contributed by atoms with E-state index in [9.17, 15) is 0 Å². The molecule has 112 valence electrons. The van der Waals surface area contributed by atoms with Gasteiger partial charge in [-0.3, -0.25) is 0 Å². The molecule has 0 radical (unpaired) electrons. The fourth-order valence-corrected chi connectivity index (χ4v) is 1.91. The summed E-state index contributed by atoms with van der Waals surface area (Å²) in [5.74, 6) is 1.42. The third kappa shape index (κ3) is 4.31. The second-order valence-electron chi connectivity index (χ2n) is 4.46. The van der Waals surface area contributed by atoms with Crippen molar-refractivity contribution in [2.75, 3.05) is 18.5 Å². The number of halogens is 1. The number of hydrogen-bond acceptors (Lipinski definition) is 5. The fourth-order valence-electron chi connectivity index (χ4n) is 1.78. The maximum atomic E-state index is 9.09. The summed E-state index contributed by atoms with van der Waals surface area (Å²) in [5.41, 5.74) is 0.901. The van der Waals surface area contributed by atoms with Crippen LogP contribution in [0.4, 0.5) is 5.95 Å². The lowest BCUT2D eigenvalue weighted by atomic mass is 10.1. The van der Waals surface area contributed by atoms with Crippen molar-refractivity contribution in [2.24, 2.45) is 0 Å². The van der Waals surface area contributed by atoms with Gasteiger partial charge in [-0.25, -0.2) is 4.98 Å². The summed E-state index contributed by atoms with van der Waals surface area (Å²) in [6.45, 7) is 2.90. The molecule has 0 aliphatic carbocycles. The summed E-state index contributed by atoms with van der Waals surface area (Å²) in [4.78, 5) is 8.37. The molecular weight excluding hydrogens is 290 g/mol. The van der Waals surface area contributed by atoms with Crippen molar-refractivity contribution in [3.05, 3.63) is 41.0 Å². The standard InChI is InChI=1S/C15H18ClN3O2/c1-2-8-17-15-18-10-12(16)14(19-15)21-13-6-4-3-5-11(13)7-9-20/h3-6,10,20H,2,7-9H2,1H3,(H,17,18,19). The third-order valence-electron chi connectivity index (χ3n) is 2.81. The van der Waals surface area contributed by atoms with Crippen LogP contribution in [0.1, 0.15) is 18.9 Å². The van der Waals surface area contributed by atoms with E-state index in [0.29, 0.717) is 29.0 Å². The number of aliphatic hydroxyl groups is 1. The Labute approximate surface area is 129 Å². The number of anilines is 1. The highest BCUT2D eigenvalue weighted by molar-refractivity contribution is 6.31. The zero-order chi connectivity index (χ0) is 15.1. The lowest BCUT2D eigenvalue weighted by Crippen LogP contribution is -2.05. The van der Waals surface area contributed by atoms with E-state index >= 15 is 0 Å². The van der Waals surface area contributed by atoms with Gasteiger partial charge in [-0.2, -0.15) is 4.98 Å². The molecule has 1 aromatic carbocycles. The number of aliphatic hydroxyl groups excluding tert-OH is 1. The van der Waals surface area contributed by atoms with Crippen LogP contribution in [0.5, 0.6) is 11.6 Å². The van der Waals surface area contributed by atoms with Crippen molar-refractivity contribution in [1.29, 1.82) is 0 Å². The Morgan fingerprint density at radius 3 is 2.90 bits per heavy atom. The Hall–Kier alpha value is -1.85. The van der Waals surface area contributed by atoms with E-state index < -0.39 is 0 Å². The molecular formula is C15H18ClN3O2. The average molecular weight is 308 g/mol. The maximum absolute atomic E-state index is 9.09. The maximum Gasteiger partial charge on any atom is 0.243 e. The van der Waals surface area contributed by atoms with E-state index in [0.717, 1.165) is 18.5 Å². The topological polar surface area (TPSA) is 67.3 Å². The van der Waals surface area contributed by atoms with Crippen molar-refractivity contribution >= 4 is 17.5 Å². The molecule has 0 saturated carbocycles. The van der Waals surface area contributed by atoms with E-state index in [2.05, 4.69) is 22.2 Å². The first-order valence-electron chi connectivity index (χ1n) is 6.87. The van der Waals surface area contributed by atoms with Crippen LogP contribution in [-0.4, -0.2) is 28.2 Å². The molecule has 2 rings (SSSR count). The molecule has 6 heteroatoms. The van der Waals surface area contributed by atoms with Crippen LogP contribution in [0.2, 0.25) is 5.02 Å². The molecule has 0 fully saturated rings. The number of ether oxygens (including phenoxy) is 1. The smallest absolute Gasteiger partial charge is 0.243 e. The SMILES string of the molecule is CCCNc1ncc(Cl)c(Oc2ccccc2CCO)n1. The van der Waals surface area contributed by atoms with Gasteiger partial charge in [-0.05, 0) is 24.5 Å². The van der Waals surface area contributed by atoms with Gasteiger partial charge in [0.05, 0.1) is 6.20 Å². The number of nitrogens with zero attached hydrogens (tertiary/aromatic N) is 2. The first kappa shape index (κ1) is 15.5. The van der Waals surface area contributed by atoms with Crippen LogP contribution >= 0.6 is 11.6 Å². The molecule has 0 spiro atoms. The van der Waals surface area contributed by atoms with Gasteiger partial charge in [0, 0.05) is 13.2 Å². The van der Waals surface area contributed by atoms with Gasteiger partial charge in [-0.15, -0.1) is 0 Å². The number of rotatable bonds is 7. The van der Waals surface area contributed by atoms with Crippen molar-refractivity contribution in [3.63, 3.8) is 0 Å². The summed E-state index contributed by atoms with van der Waals surface area (Å²) in [6.07, 6.45) is 3.00. The number of aromatic nitrogens is 2. The Morgan fingerprint density at radius 1 is 1.33 bits per heavy atom. The molecule has 0 amide bonds. The normalized spacial score (nSPS) is 10.4. The molecule has 0 aliphatic heterocycles. The Bertz CT molecular complexity index is 593. The minimum absolute atomic E-state index is 0.0567. The molecule has 2 N–H and O–H groups in total. The molecule has 1 heterocycles. The fraction of sp³-hybridized carbons (Fsp3) is 0.333. The molecule has 0 atom stereocenters. The van der Waals surface area contributed by atoms with Crippen molar-refractivity contribution in [2.45, 2.75) is 19.8 Å². The minimum Gasteiger partial charge on any atom is -0.437 e. The van der Waals surface area contributed by atoms with Gasteiger partial charge in [0.15, 0.2) is 0 Å². The summed E-state index contributed by atoms with van der Waals surface area (Å²) >= 11 is 6.08. The van der Waals surface area contributed by atoms with Gasteiger partial charge in [0.2, 0.25) is 11.8 Å². The van der Waals surface area contributed by atoms with E-state index in [4.69, 9.17) is 21.4 Å². The van der Waals surface area contributed by atoms with Crippen molar-refractivity contribution in [3.8, 4) is 11.6 Å². The number of benzene rings is 1. The van der Waals surface area contributed by atoms with E-state index in [1.165, 1.54) is 6.20 Å². The highest BCUT2D eigenvalue weighted by Gasteiger charge is 2.10. The molecule has 21 heavy (non-hydrogen) atoms. The molecule has 2 aromatic rings. The Kier molecular flexibility index (Phi) is 5.78. The number of para-hydroxylation sites is 1. The highest BCUT2D eigenvalue weighted by atomic mass is 35.5. The molecule has 0 saturated heterocycles. The van der Waals surface area contributed by atoms with Crippen LogP contribution in [0.15, 0.2) is 30.5 Å². The average Bonchev–Trinajstić information content (AvgIpc) is 2.50. The van der Waals surface area contributed by atoms with E-state index in [1.807, 2.05) is 24.3 Å². The number of nitrogens with one attached hydrogen (secondary N) is 1. The quantitative estimate of drug-likeness (QED) is 0.821. The van der Waals surface area contributed by atoms with Crippen LogP contribution in [0.25, 0.3) is 0 Å². The van der Waals surface area contributed by atoms with Gasteiger partial charge >= 0.3 is 0 Å². The second kappa shape index (κ2) is 7.81. The van der Waals surface area contributed by atoms with Crippen molar-refractivity contribution < 1.29 is 9.84 Å². The highest BCUT2D eigenvalue weighted by Crippen LogP contribution is 2.29. The largest absolute Gasteiger partial charge is 0.437 e. The van der Waals surface area contributed by atoms with Crippen LogP contribution in [-0.2, 0) is 6.42 Å². The predicted octanol–water partition coefficient (Wildman–Crippen LogP) is 3.28. The molecule has 0 bridgehead atoms. The lowest BCUT2D eigenvalue weighted by Gasteiger charge is -2.11. The van der Waals surface area contributed by atoms with Gasteiger partial charge < -0.3 is 15.2 Å². The summed E-state index contributed by atoms with van der Waals surface area (Å²) < 4.78 is 5.78. The second-order valence-corrected chi connectivity index (χ2v) is 4.86. The van der Waals surface area contributed by atoms with Crippen LogP contribution < -0.4 is 10.1 Å². The van der Waals surface area contributed by atoms with Crippen molar-refractivity contribution in [1.82, 2.24) is 9.97 Å². The Morgan fingerprint density at radius 2 is 2.14 bits per heavy atom. The summed E-state index contributed by atoms with van der Waals surface area (Å²) in [7, 11) is 0. The van der Waals surface area contributed by atoms with Gasteiger partial charge in [0.25, 0.3) is 0 Å². The number of hydrogen-bond donors (Lipinski definition) is 2. The molecule has 5 nitrogen and oxygen atoms in total. The zero-order valence-corrected chi connectivity index (χ0v) is 12.6. The molecule has 1 aromatic heterocycles. The van der Waals surface area contributed by atoms with E-state index in [1.54, 1.807) is 0 Å². The minimum atomic E-state index is 0.0567. The first-order chi connectivity index (χ1) is 10.2. The summed E-state index contributed by atoms with van der Waals surface area (Å²) in [6, 6.07) is 7.48. The zero-order valence-electron chi connectivity index (χ0n) is 11.8. The lowest BCUT2D eigenvalue weighted by molar-refractivity contribution is 0.297. The third-order valence-corrected chi connectivity index (χ3v) is 3.06. The van der Waals surface area contributed by atoms with E-state index in [-0.39, 0.29) is 6.61 Å². The van der Waals surface area contributed by atoms with Gasteiger partial charge in [-0.1, -0.05) is 36.7 Å². The van der Waals surface area contributed by atoms with Crippen LogP contribution in [0.3, 0.4) is 0 Å². The molecule has 0 unspecified atom stereocenters. The summed E-state index contributed by atoms with van der Waals surface area (Å²) in [5, 5.41) is 12.5. The van der Waals surface area contributed by atoms with Gasteiger partial charge in [0.1, 0.15) is 10.8 Å². The Balaban J connectivity index is 2.22. The predicted molar refractivity (Wildman–Crippen MR) is 83.1 cm³/mol. The first-order valence-corrected chi connectivity index (χ1v) is 7.25.